The number of halogens is 5. The molecule has 0 bridgehead atoms. The SMILES string of the molecule is N[C@@H](c1cc(F)c(F)c(F)c1)C(F)F. The van der Waals surface area contributed by atoms with Crippen LogP contribution >= 0.6 is 0 Å². The van der Waals surface area contributed by atoms with Crippen molar-refractivity contribution < 1.29 is 22.0 Å². The summed E-state index contributed by atoms with van der Waals surface area (Å²) < 4.78 is 61.5. The van der Waals surface area contributed by atoms with Crippen molar-refractivity contribution in [2.24, 2.45) is 5.73 Å². The Labute approximate surface area is 76.3 Å². The maximum absolute atomic E-state index is 12.5. The topological polar surface area (TPSA) is 26.0 Å². The molecule has 0 fully saturated rings. The molecule has 0 aliphatic heterocycles. The van der Waals surface area contributed by atoms with Crippen LogP contribution in [0.5, 0.6) is 0 Å². The van der Waals surface area contributed by atoms with Gasteiger partial charge < -0.3 is 5.73 Å². The molecule has 0 spiro atoms. The lowest BCUT2D eigenvalue weighted by Gasteiger charge is -2.10. The minimum Gasteiger partial charge on any atom is -0.319 e. The lowest BCUT2D eigenvalue weighted by molar-refractivity contribution is 0.116. The minimum atomic E-state index is -2.96. The first-order valence-electron chi connectivity index (χ1n) is 3.61. The number of benzene rings is 1. The molecule has 0 amide bonds. The molecule has 0 aliphatic rings. The van der Waals surface area contributed by atoms with Gasteiger partial charge in [-0.25, -0.2) is 22.0 Å². The number of hydrogen-bond donors (Lipinski definition) is 1. The molecule has 1 rings (SSSR count). The molecular formula is C8H6F5N. The molecular weight excluding hydrogens is 205 g/mol. The molecule has 0 saturated carbocycles. The highest BCUT2D eigenvalue weighted by Crippen LogP contribution is 2.21. The highest BCUT2D eigenvalue weighted by molar-refractivity contribution is 5.22. The lowest BCUT2D eigenvalue weighted by Crippen LogP contribution is -2.19. The van der Waals surface area contributed by atoms with E-state index in [9.17, 15) is 22.0 Å². The fourth-order valence-electron chi connectivity index (χ4n) is 0.913. The van der Waals surface area contributed by atoms with E-state index in [0.29, 0.717) is 12.1 Å². The van der Waals surface area contributed by atoms with Gasteiger partial charge in [0.25, 0.3) is 6.43 Å². The molecule has 0 saturated heterocycles. The zero-order valence-corrected chi connectivity index (χ0v) is 6.78. The average Bonchev–Trinajstić information content (AvgIpc) is 2.12. The third-order valence-electron chi connectivity index (χ3n) is 1.66. The normalized spacial score (nSPS) is 13.4. The van der Waals surface area contributed by atoms with Crippen LogP contribution in [0.4, 0.5) is 22.0 Å². The molecule has 0 radical (unpaired) electrons. The molecule has 78 valence electrons. The molecule has 1 atom stereocenters. The van der Waals surface area contributed by atoms with Crippen LogP contribution in [0.2, 0.25) is 0 Å². The van der Waals surface area contributed by atoms with E-state index in [1.54, 1.807) is 0 Å². The number of hydrogen-bond acceptors (Lipinski definition) is 1. The van der Waals surface area contributed by atoms with E-state index >= 15 is 0 Å². The van der Waals surface area contributed by atoms with Gasteiger partial charge in [0.1, 0.15) is 0 Å². The van der Waals surface area contributed by atoms with Crippen LogP contribution in [0.15, 0.2) is 12.1 Å². The van der Waals surface area contributed by atoms with E-state index in [-0.39, 0.29) is 0 Å². The Morgan fingerprint density at radius 3 is 1.79 bits per heavy atom. The van der Waals surface area contributed by atoms with E-state index in [4.69, 9.17) is 5.73 Å². The zero-order chi connectivity index (χ0) is 10.9. The Balaban J connectivity index is 3.12. The fourth-order valence-corrected chi connectivity index (χ4v) is 0.913. The summed E-state index contributed by atoms with van der Waals surface area (Å²) in [6, 6.07) is -0.913. The van der Waals surface area contributed by atoms with Crippen LogP contribution in [0.3, 0.4) is 0 Å². The quantitative estimate of drug-likeness (QED) is 0.589. The van der Waals surface area contributed by atoms with Gasteiger partial charge in [0.05, 0.1) is 6.04 Å². The van der Waals surface area contributed by atoms with E-state index in [2.05, 4.69) is 0 Å². The second-order valence-electron chi connectivity index (χ2n) is 2.66. The number of rotatable bonds is 2. The summed E-state index contributed by atoms with van der Waals surface area (Å²) in [6.45, 7) is 0. The fraction of sp³-hybridized carbons (Fsp3) is 0.250. The Morgan fingerprint density at radius 1 is 1.00 bits per heavy atom. The predicted molar refractivity (Wildman–Crippen MR) is 39.2 cm³/mol. The van der Waals surface area contributed by atoms with Crippen molar-refractivity contribution >= 4 is 0 Å². The molecule has 14 heavy (non-hydrogen) atoms. The Morgan fingerprint density at radius 2 is 1.43 bits per heavy atom. The van der Waals surface area contributed by atoms with Gasteiger partial charge in [0.15, 0.2) is 17.5 Å². The van der Waals surface area contributed by atoms with E-state index in [0.717, 1.165) is 0 Å². The molecule has 1 aromatic carbocycles. The van der Waals surface area contributed by atoms with Gasteiger partial charge in [0.2, 0.25) is 0 Å². The van der Waals surface area contributed by atoms with Crippen LogP contribution in [-0.2, 0) is 0 Å². The highest BCUT2D eigenvalue weighted by atomic mass is 19.3. The summed E-state index contributed by atoms with van der Waals surface area (Å²) in [6.07, 6.45) is -2.96. The first kappa shape index (κ1) is 10.9. The molecule has 1 nitrogen and oxygen atoms in total. The van der Waals surface area contributed by atoms with Crippen molar-refractivity contribution in [2.45, 2.75) is 12.5 Å². The molecule has 2 N–H and O–H groups in total. The maximum atomic E-state index is 12.5. The van der Waals surface area contributed by atoms with Crippen LogP contribution in [0, 0.1) is 17.5 Å². The number of nitrogens with two attached hydrogens (primary N) is 1. The Bertz CT molecular complexity index is 315. The van der Waals surface area contributed by atoms with Crippen molar-refractivity contribution in [2.75, 3.05) is 0 Å². The van der Waals surface area contributed by atoms with Gasteiger partial charge in [-0.3, -0.25) is 0 Å². The van der Waals surface area contributed by atoms with Crippen LogP contribution in [-0.4, -0.2) is 6.43 Å². The zero-order valence-electron chi connectivity index (χ0n) is 6.78. The van der Waals surface area contributed by atoms with Gasteiger partial charge in [-0.2, -0.15) is 0 Å². The minimum absolute atomic E-state index is 0.454. The van der Waals surface area contributed by atoms with Gasteiger partial charge >= 0.3 is 0 Å². The first-order chi connectivity index (χ1) is 6.43. The van der Waals surface area contributed by atoms with Crippen molar-refractivity contribution in [1.29, 1.82) is 0 Å². The monoisotopic (exact) mass is 211 g/mol. The van der Waals surface area contributed by atoms with Crippen molar-refractivity contribution in [3.05, 3.63) is 35.1 Å². The average molecular weight is 211 g/mol. The van der Waals surface area contributed by atoms with Gasteiger partial charge in [0, 0.05) is 0 Å². The van der Waals surface area contributed by atoms with Crippen LogP contribution in [0.1, 0.15) is 11.6 Å². The largest absolute Gasteiger partial charge is 0.319 e. The molecule has 1 aromatic rings. The summed E-state index contributed by atoms with van der Waals surface area (Å²) in [4.78, 5) is 0. The molecule has 0 aliphatic carbocycles. The van der Waals surface area contributed by atoms with Crippen molar-refractivity contribution in [1.82, 2.24) is 0 Å². The Kier molecular flexibility index (Phi) is 3.05. The second-order valence-corrected chi connectivity index (χ2v) is 2.66. The summed E-state index contributed by atoms with van der Waals surface area (Å²) >= 11 is 0. The lowest BCUT2D eigenvalue weighted by atomic mass is 10.1. The molecule has 0 aromatic heterocycles. The molecule has 0 unspecified atom stereocenters. The summed E-state index contributed by atoms with van der Waals surface area (Å²) in [7, 11) is 0. The predicted octanol–water partition coefficient (Wildman–Crippen LogP) is 2.37. The first-order valence-corrected chi connectivity index (χ1v) is 3.61. The van der Waals surface area contributed by atoms with E-state index < -0.39 is 35.5 Å². The summed E-state index contributed by atoms with van der Waals surface area (Å²) in [5.41, 5.74) is 4.44. The molecule has 6 heteroatoms. The third kappa shape index (κ3) is 2.01. The van der Waals surface area contributed by atoms with Gasteiger partial charge in [-0.05, 0) is 17.7 Å². The Hall–Kier alpha value is -1.17. The van der Waals surface area contributed by atoms with E-state index in [1.807, 2.05) is 0 Å². The van der Waals surface area contributed by atoms with Gasteiger partial charge in [-0.15, -0.1) is 0 Å². The van der Waals surface area contributed by atoms with Gasteiger partial charge in [-0.1, -0.05) is 0 Å². The maximum Gasteiger partial charge on any atom is 0.257 e. The molecule has 0 heterocycles. The smallest absolute Gasteiger partial charge is 0.257 e. The van der Waals surface area contributed by atoms with Crippen molar-refractivity contribution in [3.63, 3.8) is 0 Å². The number of alkyl halides is 2. The standard InChI is InChI=1S/C8H6F5N/c9-4-1-3(7(14)8(12)13)2-5(10)6(4)11/h1-2,7-8H,14H2/t7-/m0/s1. The summed E-state index contributed by atoms with van der Waals surface area (Å²) in [5, 5.41) is 0. The van der Waals surface area contributed by atoms with Crippen LogP contribution < -0.4 is 5.73 Å². The summed E-state index contributed by atoms with van der Waals surface area (Å²) in [5.74, 6) is -4.76. The van der Waals surface area contributed by atoms with E-state index in [1.165, 1.54) is 0 Å². The van der Waals surface area contributed by atoms with Crippen molar-refractivity contribution in [3.8, 4) is 0 Å². The third-order valence-corrected chi connectivity index (χ3v) is 1.66. The second kappa shape index (κ2) is 3.91. The highest BCUT2D eigenvalue weighted by Gasteiger charge is 2.21. The van der Waals surface area contributed by atoms with Crippen LogP contribution in [0.25, 0.3) is 0 Å².